The van der Waals surface area contributed by atoms with E-state index in [1.54, 1.807) is 0 Å². The highest BCUT2D eigenvalue weighted by atomic mass is 31.2. The van der Waals surface area contributed by atoms with Gasteiger partial charge in [0.1, 0.15) is 6.61 Å². The van der Waals surface area contributed by atoms with Crippen molar-refractivity contribution in [3.05, 3.63) is 85.1 Å². The van der Waals surface area contributed by atoms with Gasteiger partial charge in [0.25, 0.3) is 0 Å². The second kappa shape index (κ2) is 64.4. The first kappa shape index (κ1) is 76.2. The van der Waals surface area contributed by atoms with E-state index in [0.29, 0.717) is 6.42 Å². The zero-order chi connectivity index (χ0) is 57.3. The normalized spacial score (nSPS) is 13.5. The third-order valence-electron chi connectivity index (χ3n) is 14.3. The molecule has 10 heteroatoms. The van der Waals surface area contributed by atoms with Crippen LogP contribution < -0.4 is 5.73 Å². The molecule has 458 valence electrons. The third kappa shape index (κ3) is 64.2. The molecule has 0 rings (SSSR count). The van der Waals surface area contributed by atoms with Crippen molar-refractivity contribution >= 4 is 19.8 Å². The molecule has 2 unspecified atom stereocenters. The minimum absolute atomic E-state index is 0.0517. The molecular weight excluding hydrogens is 1000 g/mol. The summed E-state index contributed by atoms with van der Waals surface area (Å²) in [5, 5.41) is 0. The number of hydrogen-bond donors (Lipinski definition) is 2. The summed E-state index contributed by atoms with van der Waals surface area (Å²) < 4.78 is 33.2. The molecule has 0 spiro atoms. The third-order valence-corrected chi connectivity index (χ3v) is 15.2. The summed E-state index contributed by atoms with van der Waals surface area (Å²) >= 11 is 0. The summed E-state index contributed by atoms with van der Waals surface area (Å²) in [4.78, 5) is 35.3. The van der Waals surface area contributed by atoms with Gasteiger partial charge in [0.15, 0.2) is 6.10 Å². The van der Waals surface area contributed by atoms with E-state index >= 15 is 0 Å². The van der Waals surface area contributed by atoms with Gasteiger partial charge in [-0.3, -0.25) is 18.6 Å². The van der Waals surface area contributed by atoms with Gasteiger partial charge in [0.05, 0.1) is 13.2 Å². The zero-order valence-electron chi connectivity index (χ0n) is 51.3. The van der Waals surface area contributed by atoms with Gasteiger partial charge in [0, 0.05) is 19.4 Å². The fraction of sp³-hybridized carbons (Fsp3) is 0.768. The van der Waals surface area contributed by atoms with Gasteiger partial charge in [0.2, 0.25) is 0 Å². The van der Waals surface area contributed by atoms with E-state index in [4.69, 9.17) is 24.3 Å². The number of carbonyl (C=O) groups excluding carboxylic acids is 2. The van der Waals surface area contributed by atoms with E-state index in [1.165, 1.54) is 199 Å². The Morgan fingerprint density at radius 2 is 0.696 bits per heavy atom. The van der Waals surface area contributed by atoms with Crippen LogP contribution in [0.3, 0.4) is 0 Å². The SMILES string of the molecule is CC/C=C\C/C=C\C/C=C\C/C=C\CCCCCCCCCCCCCCCCCCCCC(=O)OC(COC(=O)CCCCCCCCCCCCCC/C=C\C/C=C\C/C=C\CCCCCCC)COP(=O)(O)OCCN. The van der Waals surface area contributed by atoms with Crippen LogP contribution in [0.4, 0.5) is 0 Å². The number of ether oxygens (including phenoxy) is 2. The number of unbranched alkanes of at least 4 members (excludes halogenated alkanes) is 35. The molecule has 0 heterocycles. The predicted octanol–water partition coefficient (Wildman–Crippen LogP) is 21.4. The van der Waals surface area contributed by atoms with Gasteiger partial charge < -0.3 is 20.1 Å². The number of rotatable bonds is 62. The number of hydrogen-bond acceptors (Lipinski definition) is 8. The molecular formula is C69H124NO8P. The van der Waals surface area contributed by atoms with Gasteiger partial charge in [-0.25, -0.2) is 4.57 Å². The lowest BCUT2D eigenvalue weighted by molar-refractivity contribution is -0.161. The molecule has 0 aromatic carbocycles. The summed E-state index contributed by atoms with van der Waals surface area (Å²) in [7, 11) is -4.39. The number of carbonyl (C=O) groups is 2. The van der Waals surface area contributed by atoms with E-state index in [1.807, 2.05) is 0 Å². The fourth-order valence-electron chi connectivity index (χ4n) is 9.40. The highest BCUT2D eigenvalue weighted by Crippen LogP contribution is 2.43. The number of allylic oxidation sites excluding steroid dienone is 14. The van der Waals surface area contributed by atoms with Gasteiger partial charge in [-0.1, -0.05) is 292 Å². The quantitative estimate of drug-likeness (QED) is 0.0264. The van der Waals surface area contributed by atoms with Gasteiger partial charge in [-0.2, -0.15) is 0 Å². The van der Waals surface area contributed by atoms with Crippen molar-refractivity contribution in [1.82, 2.24) is 0 Å². The molecule has 0 aliphatic rings. The molecule has 2 atom stereocenters. The predicted molar refractivity (Wildman–Crippen MR) is 339 cm³/mol. The summed E-state index contributed by atoms with van der Waals surface area (Å²) in [6.45, 7) is 3.66. The van der Waals surface area contributed by atoms with Gasteiger partial charge >= 0.3 is 19.8 Å². The molecule has 9 nitrogen and oxygen atoms in total. The fourth-order valence-corrected chi connectivity index (χ4v) is 10.2. The summed E-state index contributed by atoms with van der Waals surface area (Å²) in [5.74, 6) is -0.820. The van der Waals surface area contributed by atoms with Crippen LogP contribution in [0, 0.1) is 0 Å². The maximum atomic E-state index is 12.8. The summed E-state index contributed by atoms with van der Waals surface area (Å²) in [5.41, 5.74) is 5.40. The molecule has 0 amide bonds. The van der Waals surface area contributed by atoms with Crippen LogP contribution in [0.25, 0.3) is 0 Å². The zero-order valence-corrected chi connectivity index (χ0v) is 52.2. The second-order valence-corrected chi connectivity index (χ2v) is 23.4. The monoisotopic (exact) mass is 1130 g/mol. The molecule has 0 aromatic rings. The van der Waals surface area contributed by atoms with E-state index in [9.17, 15) is 19.0 Å². The molecule has 0 bridgehead atoms. The van der Waals surface area contributed by atoms with E-state index in [2.05, 4.69) is 98.9 Å². The maximum Gasteiger partial charge on any atom is 0.472 e. The Morgan fingerprint density at radius 1 is 0.392 bits per heavy atom. The molecule has 0 saturated heterocycles. The summed E-state index contributed by atoms with van der Waals surface area (Å²) in [6.07, 6.45) is 85.2. The van der Waals surface area contributed by atoms with E-state index < -0.39 is 26.5 Å². The van der Waals surface area contributed by atoms with Crippen LogP contribution in [-0.2, 0) is 32.7 Å². The van der Waals surface area contributed by atoms with Crippen molar-refractivity contribution in [2.24, 2.45) is 5.73 Å². The van der Waals surface area contributed by atoms with Crippen LogP contribution >= 0.6 is 7.82 Å². The Morgan fingerprint density at radius 3 is 1.04 bits per heavy atom. The number of phosphoric ester groups is 1. The Bertz CT molecular complexity index is 1570. The molecule has 0 aromatic heterocycles. The van der Waals surface area contributed by atoms with Crippen molar-refractivity contribution in [2.45, 2.75) is 315 Å². The molecule has 0 fully saturated rings. The lowest BCUT2D eigenvalue weighted by atomic mass is 10.0. The highest BCUT2D eigenvalue weighted by Gasteiger charge is 2.26. The first-order valence-corrected chi connectivity index (χ1v) is 34.6. The lowest BCUT2D eigenvalue weighted by Gasteiger charge is -2.19. The van der Waals surface area contributed by atoms with Crippen molar-refractivity contribution in [2.75, 3.05) is 26.4 Å². The van der Waals surface area contributed by atoms with Crippen LogP contribution in [0.15, 0.2) is 85.1 Å². The highest BCUT2D eigenvalue weighted by molar-refractivity contribution is 7.47. The van der Waals surface area contributed by atoms with Crippen molar-refractivity contribution < 1.29 is 37.6 Å². The van der Waals surface area contributed by atoms with Crippen LogP contribution in [0.2, 0.25) is 0 Å². The Hall–Kier alpha value is -2.81. The first-order chi connectivity index (χ1) is 38.8. The molecule has 0 aliphatic carbocycles. The van der Waals surface area contributed by atoms with Gasteiger partial charge in [-0.05, 0) is 89.9 Å². The van der Waals surface area contributed by atoms with Crippen molar-refractivity contribution in [3.8, 4) is 0 Å². The number of esters is 2. The molecule has 0 radical (unpaired) electrons. The Kier molecular flexibility index (Phi) is 62.1. The van der Waals surface area contributed by atoms with Crippen molar-refractivity contribution in [3.63, 3.8) is 0 Å². The molecule has 0 aliphatic heterocycles. The Balaban J connectivity index is 3.89. The second-order valence-electron chi connectivity index (χ2n) is 22.0. The number of phosphoric acid groups is 1. The molecule has 79 heavy (non-hydrogen) atoms. The van der Waals surface area contributed by atoms with E-state index in [0.717, 1.165) is 77.0 Å². The van der Waals surface area contributed by atoms with Crippen LogP contribution in [-0.4, -0.2) is 49.3 Å². The minimum Gasteiger partial charge on any atom is -0.462 e. The Labute approximate surface area is 487 Å². The van der Waals surface area contributed by atoms with Gasteiger partial charge in [-0.15, -0.1) is 0 Å². The van der Waals surface area contributed by atoms with Crippen LogP contribution in [0.5, 0.6) is 0 Å². The largest absolute Gasteiger partial charge is 0.472 e. The first-order valence-electron chi connectivity index (χ1n) is 33.1. The average molecular weight is 1130 g/mol. The topological polar surface area (TPSA) is 134 Å². The van der Waals surface area contributed by atoms with E-state index in [-0.39, 0.29) is 38.6 Å². The molecule has 0 saturated carbocycles. The smallest absolute Gasteiger partial charge is 0.462 e. The number of nitrogens with two attached hydrogens (primary N) is 1. The maximum absolute atomic E-state index is 12.8. The minimum atomic E-state index is -4.39. The lowest BCUT2D eigenvalue weighted by Crippen LogP contribution is -2.29. The standard InChI is InChI=1S/C69H124NO8P/c1-3-5-7-9-11-13-15-17-19-21-23-25-27-29-31-32-33-34-36-38-40-42-44-46-48-50-52-54-56-58-60-62-69(72)78-67(66-77-79(73,74)76-64-63-70)65-75-68(71)61-59-57-55-53-51-49-47-45-43-41-39-37-35-30-28-26-24-22-20-18-16-14-12-10-8-6-4-2/h5,7,11,13,16-19,22-25,28,30,67H,3-4,6,8-10,12,14-15,20-21,26-27,29,31-66,70H2,1-2H3,(H,73,74)/b7-5-,13-11-,18-16-,19-17-,24-22-,25-23-,30-28-. The van der Waals surface area contributed by atoms with Crippen molar-refractivity contribution in [1.29, 1.82) is 0 Å². The van der Waals surface area contributed by atoms with Crippen LogP contribution in [0.1, 0.15) is 309 Å². The molecule has 3 N–H and O–H groups in total. The summed E-state index contributed by atoms with van der Waals surface area (Å²) in [6, 6.07) is 0. The average Bonchev–Trinajstić information content (AvgIpc) is 3.44.